The highest BCUT2D eigenvalue weighted by Crippen LogP contribution is 2.05. The Labute approximate surface area is 104 Å². The summed E-state index contributed by atoms with van der Waals surface area (Å²) in [5.74, 6) is 0. The van der Waals surface area contributed by atoms with Crippen LogP contribution in [0.5, 0.6) is 0 Å². The first-order valence-electron chi connectivity index (χ1n) is 6.02. The standard InChI is InChI=1S/C13H21NO2S/c1-4-12-5-7-13(8-6-12)9-10-14-17(15,16)11(2)3/h5-8,11,14H,4,9-10H2,1-3H3. The fraction of sp³-hybridized carbons (Fsp3) is 0.538. The van der Waals surface area contributed by atoms with Gasteiger partial charge in [-0.1, -0.05) is 31.2 Å². The molecule has 3 nitrogen and oxygen atoms in total. The number of hydrogen-bond acceptors (Lipinski definition) is 2. The molecule has 1 rings (SSSR count). The average molecular weight is 255 g/mol. The van der Waals surface area contributed by atoms with Crippen LogP contribution in [0.4, 0.5) is 0 Å². The van der Waals surface area contributed by atoms with Crippen molar-refractivity contribution in [3.8, 4) is 0 Å². The van der Waals surface area contributed by atoms with E-state index >= 15 is 0 Å². The van der Waals surface area contributed by atoms with E-state index in [-0.39, 0.29) is 5.25 Å². The topological polar surface area (TPSA) is 46.2 Å². The van der Waals surface area contributed by atoms with Crippen LogP contribution in [0.1, 0.15) is 31.9 Å². The molecule has 0 unspecified atom stereocenters. The average Bonchev–Trinajstić information content (AvgIpc) is 2.29. The fourth-order valence-electron chi connectivity index (χ4n) is 1.45. The molecule has 17 heavy (non-hydrogen) atoms. The number of rotatable bonds is 6. The van der Waals surface area contributed by atoms with Crippen molar-refractivity contribution in [2.24, 2.45) is 0 Å². The van der Waals surface area contributed by atoms with Gasteiger partial charge in [0, 0.05) is 6.54 Å². The highest BCUT2D eigenvalue weighted by molar-refractivity contribution is 7.90. The van der Waals surface area contributed by atoms with Gasteiger partial charge in [-0.2, -0.15) is 0 Å². The zero-order chi connectivity index (χ0) is 12.9. The van der Waals surface area contributed by atoms with Gasteiger partial charge in [0.15, 0.2) is 0 Å². The predicted molar refractivity (Wildman–Crippen MR) is 71.6 cm³/mol. The van der Waals surface area contributed by atoms with Crippen molar-refractivity contribution in [3.63, 3.8) is 0 Å². The van der Waals surface area contributed by atoms with Gasteiger partial charge in [0.05, 0.1) is 5.25 Å². The Hall–Kier alpha value is -0.870. The van der Waals surface area contributed by atoms with E-state index in [4.69, 9.17) is 0 Å². The number of benzene rings is 1. The van der Waals surface area contributed by atoms with Gasteiger partial charge < -0.3 is 0 Å². The molecule has 0 aromatic heterocycles. The molecule has 0 atom stereocenters. The van der Waals surface area contributed by atoms with Crippen molar-refractivity contribution >= 4 is 10.0 Å². The van der Waals surface area contributed by atoms with Crippen LogP contribution in [0.15, 0.2) is 24.3 Å². The molecule has 1 aromatic carbocycles. The van der Waals surface area contributed by atoms with E-state index < -0.39 is 10.0 Å². The second-order valence-corrected chi connectivity index (χ2v) is 6.73. The number of nitrogens with one attached hydrogen (secondary N) is 1. The lowest BCUT2D eigenvalue weighted by Gasteiger charge is -2.09. The molecule has 1 N–H and O–H groups in total. The second-order valence-electron chi connectivity index (χ2n) is 4.41. The maximum Gasteiger partial charge on any atom is 0.213 e. The summed E-state index contributed by atoms with van der Waals surface area (Å²) in [5, 5.41) is -0.370. The van der Waals surface area contributed by atoms with Gasteiger partial charge >= 0.3 is 0 Å². The van der Waals surface area contributed by atoms with Crippen molar-refractivity contribution in [2.45, 2.75) is 38.9 Å². The summed E-state index contributed by atoms with van der Waals surface area (Å²) in [6, 6.07) is 8.30. The normalized spacial score (nSPS) is 12.0. The Kier molecular flexibility index (Phi) is 5.15. The molecule has 0 spiro atoms. The second kappa shape index (κ2) is 6.17. The third-order valence-corrected chi connectivity index (χ3v) is 4.62. The summed E-state index contributed by atoms with van der Waals surface area (Å²) in [5.41, 5.74) is 2.46. The summed E-state index contributed by atoms with van der Waals surface area (Å²) in [4.78, 5) is 0. The minimum absolute atomic E-state index is 0.370. The lowest BCUT2D eigenvalue weighted by atomic mass is 10.1. The minimum atomic E-state index is -3.13. The Morgan fingerprint density at radius 2 is 1.65 bits per heavy atom. The van der Waals surface area contributed by atoms with Gasteiger partial charge in [0.2, 0.25) is 10.0 Å². The van der Waals surface area contributed by atoms with Crippen LogP contribution in [0.2, 0.25) is 0 Å². The first kappa shape index (κ1) is 14.2. The predicted octanol–water partition coefficient (Wildman–Crippen LogP) is 2.12. The molecule has 0 saturated heterocycles. The quantitative estimate of drug-likeness (QED) is 0.846. The molecule has 0 radical (unpaired) electrons. The van der Waals surface area contributed by atoms with Gasteiger partial charge in [-0.25, -0.2) is 13.1 Å². The van der Waals surface area contributed by atoms with Crippen molar-refractivity contribution < 1.29 is 8.42 Å². The summed E-state index contributed by atoms with van der Waals surface area (Å²) >= 11 is 0. The Morgan fingerprint density at radius 1 is 1.12 bits per heavy atom. The lowest BCUT2D eigenvalue weighted by Crippen LogP contribution is -2.32. The largest absolute Gasteiger partial charge is 0.215 e. The van der Waals surface area contributed by atoms with Gasteiger partial charge in [0.1, 0.15) is 0 Å². The molecular formula is C13H21NO2S. The summed E-state index contributed by atoms with van der Waals surface area (Å²) in [6.45, 7) is 5.94. The molecule has 4 heteroatoms. The summed E-state index contributed by atoms with van der Waals surface area (Å²) in [7, 11) is -3.13. The van der Waals surface area contributed by atoms with E-state index in [0.717, 1.165) is 18.4 Å². The van der Waals surface area contributed by atoms with Gasteiger partial charge in [0.25, 0.3) is 0 Å². The molecule has 0 bridgehead atoms. The number of hydrogen-bond donors (Lipinski definition) is 1. The van der Waals surface area contributed by atoms with E-state index in [1.54, 1.807) is 13.8 Å². The number of sulfonamides is 1. The Balaban J connectivity index is 2.46. The molecule has 0 heterocycles. The highest BCUT2D eigenvalue weighted by Gasteiger charge is 2.14. The van der Waals surface area contributed by atoms with Crippen LogP contribution in [0.3, 0.4) is 0 Å². The molecule has 0 fully saturated rings. The van der Waals surface area contributed by atoms with Gasteiger partial charge in [-0.3, -0.25) is 0 Å². The first-order chi connectivity index (χ1) is 7.95. The molecular weight excluding hydrogens is 234 g/mol. The van der Waals surface area contributed by atoms with Gasteiger partial charge in [-0.05, 0) is 37.8 Å². The minimum Gasteiger partial charge on any atom is -0.215 e. The smallest absolute Gasteiger partial charge is 0.213 e. The Morgan fingerprint density at radius 3 is 2.12 bits per heavy atom. The zero-order valence-corrected chi connectivity index (χ0v) is 11.5. The zero-order valence-electron chi connectivity index (χ0n) is 10.7. The van der Waals surface area contributed by atoms with E-state index in [9.17, 15) is 8.42 Å². The SMILES string of the molecule is CCc1ccc(CCNS(=O)(=O)C(C)C)cc1. The van der Waals surface area contributed by atoms with E-state index in [1.165, 1.54) is 5.56 Å². The van der Waals surface area contributed by atoms with E-state index in [0.29, 0.717) is 6.54 Å². The van der Waals surface area contributed by atoms with Crippen LogP contribution in [-0.4, -0.2) is 20.2 Å². The molecule has 0 amide bonds. The van der Waals surface area contributed by atoms with Crippen LogP contribution in [0, 0.1) is 0 Å². The molecule has 96 valence electrons. The molecule has 0 aliphatic heterocycles. The third-order valence-electron chi connectivity index (χ3n) is 2.77. The summed E-state index contributed by atoms with van der Waals surface area (Å²) < 4.78 is 25.6. The van der Waals surface area contributed by atoms with Gasteiger partial charge in [-0.15, -0.1) is 0 Å². The van der Waals surface area contributed by atoms with Crippen LogP contribution >= 0.6 is 0 Å². The first-order valence-corrected chi connectivity index (χ1v) is 7.56. The summed E-state index contributed by atoms with van der Waals surface area (Å²) in [6.07, 6.45) is 1.76. The highest BCUT2D eigenvalue weighted by atomic mass is 32.2. The van der Waals surface area contributed by atoms with Crippen molar-refractivity contribution in [1.29, 1.82) is 0 Å². The van der Waals surface area contributed by atoms with E-state index in [1.807, 2.05) is 0 Å². The molecule has 0 aliphatic rings. The lowest BCUT2D eigenvalue weighted by molar-refractivity contribution is 0.572. The maximum atomic E-state index is 11.5. The van der Waals surface area contributed by atoms with Crippen LogP contribution < -0.4 is 4.72 Å². The van der Waals surface area contributed by atoms with Crippen molar-refractivity contribution in [1.82, 2.24) is 4.72 Å². The molecule has 0 aliphatic carbocycles. The van der Waals surface area contributed by atoms with Crippen molar-refractivity contribution in [3.05, 3.63) is 35.4 Å². The van der Waals surface area contributed by atoms with Crippen LogP contribution in [0.25, 0.3) is 0 Å². The van der Waals surface area contributed by atoms with E-state index in [2.05, 4.69) is 35.9 Å². The van der Waals surface area contributed by atoms with Crippen LogP contribution in [-0.2, 0) is 22.9 Å². The Bertz CT molecular complexity index is 435. The molecule has 1 aromatic rings. The fourth-order valence-corrected chi connectivity index (χ4v) is 2.17. The van der Waals surface area contributed by atoms with Crippen molar-refractivity contribution in [2.75, 3.05) is 6.54 Å². The number of aryl methyl sites for hydroxylation is 1. The monoisotopic (exact) mass is 255 g/mol. The molecule has 0 saturated carbocycles. The third kappa shape index (κ3) is 4.48. The maximum absolute atomic E-state index is 11.5.